The molecular formula is C28H30BrIN2O3. The largest absolute Gasteiger partial charge is 0.484 e. The Kier molecular flexibility index (Phi) is 10.6. The minimum atomic E-state index is -0.678. The van der Waals surface area contributed by atoms with Crippen molar-refractivity contribution in [2.75, 3.05) is 13.2 Å². The number of hydrogen-bond donors (Lipinski definition) is 1. The van der Waals surface area contributed by atoms with E-state index in [4.69, 9.17) is 4.74 Å². The van der Waals surface area contributed by atoms with Gasteiger partial charge in [-0.25, -0.2) is 0 Å². The van der Waals surface area contributed by atoms with Crippen LogP contribution in [0.2, 0.25) is 0 Å². The number of carbonyl (C=O) groups is 2. The van der Waals surface area contributed by atoms with E-state index in [1.807, 2.05) is 92.7 Å². The molecule has 1 N–H and O–H groups in total. The van der Waals surface area contributed by atoms with Crippen LogP contribution < -0.4 is 10.1 Å². The normalized spacial score (nSPS) is 11.7. The van der Waals surface area contributed by atoms with Crippen molar-refractivity contribution in [3.63, 3.8) is 0 Å². The van der Waals surface area contributed by atoms with Crippen molar-refractivity contribution in [3.8, 4) is 5.75 Å². The van der Waals surface area contributed by atoms with Crippen LogP contribution in [0.15, 0.2) is 83.3 Å². The monoisotopic (exact) mass is 648 g/mol. The molecule has 184 valence electrons. The minimum Gasteiger partial charge on any atom is -0.484 e. The molecule has 3 aromatic carbocycles. The first-order chi connectivity index (χ1) is 16.8. The number of nitrogens with one attached hydrogen (secondary N) is 1. The summed E-state index contributed by atoms with van der Waals surface area (Å²) in [4.78, 5) is 28.6. The van der Waals surface area contributed by atoms with Gasteiger partial charge in [-0.15, -0.1) is 0 Å². The Bertz CT molecular complexity index is 1110. The fraction of sp³-hybridized carbons (Fsp3) is 0.286. The highest BCUT2D eigenvalue weighted by molar-refractivity contribution is 14.1. The Hall–Kier alpha value is -2.39. The lowest BCUT2D eigenvalue weighted by molar-refractivity contribution is -0.142. The zero-order valence-electron chi connectivity index (χ0n) is 19.9. The number of nitrogens with zero attached hydrogens (tertiary/aromatic N) is 1. The molecule has 3 rings (SSSR count). The molecular weight excluding hydrogens is 619 g/mol. The quantitative estimate of drug-likeness (QED) is 0.266. The van der Waals surface area contributed by atoms with E-state index in [1.165, 1.54) is 0 Å². The van der Waals surface area contributed by atoms with Gasteiger partial charge in [-0.05, 0) is 76.0 Å². The molecule has 7 heteroatoms. The van der Waals surface area contributed by atoms with Crippen LogP contribution in [-0.4, -0.2) is 35.9 Å². The van der Waals surface area contributed by atoms with Crippen LogP contribution in [0.25, 0.3) is 0 Å². The lowest BCUT2D eigenvalue weighted by atomic mass is 10.0. The van der Waals surface area contributed by atoms with Crippen LogP contribution in [0, 0.1) is 9.49 Å². The third-order valence-corrected chi connectivity index (χ3v) is 6.59. The maximum absolute atomic E-state index is 13.6. The van der Waals surface area contributed by atoms with Gasteiger partial charge in [-0.2, -0.15) is 0 Å². The third-order valence-electron chi connectivity index (χ3n) is 5.37. The maximum Gasteiger partial charge on any atom is 0.261 e. The Morgan fingerprint density at radius 3 is 2.31 bits per heavy atom. The number of ether oxygens (including phenoxy) is 1. The second-order valence-corrected chi connectivity index (χ2v) is 10.9. The lowest BCUT2D eigenvalue weighted by Crippen LogP contribution is -2.52. The van der Waals surface area contributed by atoms with Gasteiger partial charge in [0.2, 0.25) is 5.91 Å². The number of rotatable bonds is 11. The van der Waals surface area contributed by atoms with Crippen molar-refractivity contribution in [1.82, 2.24) is 10.2 Å². The molecule has 3 aromatic rings. The Balaban J connectivity index is 1.89. The van der Waals surface area contributed by atoms with Crippen molar-refractivity contribution in [2.24, 2.45) is 5.92 Å². The van der Waals surface area contributed by atoms with Gasteiger partial charge in [0.25, 0.3) is 5.91 Å². The summed E-state index contributed by atoms with van der Waals surface area (Å²) in [7, 11) is 0. The molecule has 0 heterocycles. The maximum atomic E-state index is 13.6. The van der Waals surface area contributed by atoms with E-state index in [9.17, 15) is 9.59 Å². The summed E-state index contributed by atoms with van der Waals surface area (Å²) in [5.74, 6) is 0.504. The highest BCUT2D eigenvalue weighted by Crippen LogP contribution is 2.19. The number of benzene rings is 3. The lowest BCUT2D eigenvalue weighted by Gasteiger charge is -2.31. The predicted octanol–water partition coefficient (Wildman–Crippen LogP) is 5.84. The summed E-state index contributed by atoms with van der Waals surface area (Å²) >= 11 is 5.73. The van der Waals surface area contributed by atoms with Crippen LogP contribution in [0.5, 0.6) is 5.75 Å². The highest BCUT2D eigenvalue weighted by atomic mass is 127. The molecule has 0 aromatic heterocycles. The second kappa shape index (κ2) is 13.6. The number of amides is 2. The number of carbonyl (C=O) groups excluding carboxylic acids is 2. The molecule has 0 saturated heterocycles. The van der Waals surface area contributed by atoms with E-state index in [0.29, 0.717) is 31.2 Å². The topological polar surface area (TPSA) is 58.6 Å². The van der Waals surface area contributed by atoms with Crippen molar-refractivity contribution in [2.45, 2.75) is 32.9 Å². The van der Waals surface area contributed by atoms with Crippen molar-refractivity contribution >= 4 is 50.3 Å². The average Bonchev–Trinajstić information content (AvgIpc) is 2.85. The van der Waals surface area contributed by atoms with Gasteiger partial charge in [-0.1, -0.05) is 72.2 Å². The zero-order valence-corrected chi connectivity index (χ0v) is 23.7. The van der Waals surface area contributed by atoms with Gasteiger partial charge in [-0.3, -0.25) is 9.59 Å². The molecule has 2 amide bonds. The molecule has 0 aliphatic rings. The molecule has 0 saturated carbocycles. The SMILES string of the molecule is CC(C)CNC(=O)[C@@H](Cc1ccccc1)N(Cc1cccc(Br)c1)C(=O)COc1ccc(I)cc1. The first-order valence-electron chi connectivity index (χ1n) is 11.6. The number of halogens is 2. The number of hydrogen-bond acceptors (Lipinski definition) is 3. The summed E-state index contributed by atoms with van der Waals surface area (Å²) < 4.78 is 7.81. The van der Waals surface area contributed by atoms with E-state index in [0.717, 1.165) is 19.2 Å². The third kappa shape index (κ3) is 8.96. The Labute approximate surface area is 229 Å². The van der Waals surface area contributed by atoms with E-state index < -0.39 is 6.04 Å². The van der Waals surface area contributed by atoms with Gasteiger partial charge < -0.3 is 15.0 Å². The van der Waals surface area contributed by atoms with E-state index in [-0.39, 0.29) is 18.4 Å². The average molecular weight is 649 g/mol. The molecule has 0 fully saturated rings. The Morgan fingerprint density at radius 1 is 0.971 bits per heavy atom. The van der Waals surface area contributed by atoms with Gasteiger partial charge >= 0.3 is 0 Å². The van der Waals surface area contributed by atoms with Crippen LogP contribution in [0.3, 0.4) is 0 Å². The molecule has 0 radical (unpaired) electrons. The van der Waals surface area contributed by atoms with Gasteiger partial charge in [0.1, 0.15) is 11.8 Å². The first kappa shape index (κ1) is 27.2. The summed E-state index contributed by atoms with van der Waals surface area (Å²) in [5.41, 5.74) is 1.92. The van der Waals surface area contributed by atoms with Crippen LogP contribution in [0.4, 0.5) is 0 Å². The van der Waals surface area contributed by atoms with Crippen LogP contribution in [-0.2, 0) is 22.6 Å². The first-order valence-corrected chi connectivity index (χ1v) is 13.4. The fourth-order valence-electron chi connectivity index (χ4n) is 3.57. The van der Waals surface area contributed by atoms with Crippen LogP contribution >= 0.6 is 38.5 Å². The van der Waals surface area contributed by atoms with Crippen molar-refractivity contribution in [1.29, 1.82) is 0 Å². The van der Waals surface area contributed by atoms with Crippen molar-refractivity contribution in [3.05, 3.63) is 98.0 Å². The molecule has 5 nitrogen and oxygen atoms in total. The molecule has 0 spiro atoms. The zero-order chi connectivity index (χ0) is 25.2. The summed E-state index contributed by atoms with van der Waals surface area (Å²) in [6.45, 7) is 4.78. The molecule has 35 heavy (non-hydrogen) atoms. The molecule has 0 aliphatic carbocycles. The summed E-state index contributed by atoms with van der Waals surface area (Å²) in [6, 6.07) is 24.4. The standard InChI is InChI=1S/C28H30BrIN2O3/c1-20(2)17-31-28(34)26(16-21-7-4-3-5-8-21)32(18-22-9-6-10-23(29)15-22)27(33)19-35-25-13-11-24(30)12-14-25/h3-15,20,26H,16-19H2,1-2H3,(H,31,34)/t26-/m1/s1. The van der Waals surface area contributed by atoms with E-state index >= 15 is 0 Å². The molecule has 1 atom stereocenters. The summed E-state index contributed by atoms with van der Waals surface area (Å²) in [6.07, 6.45) is 0.411. The summed E-state index contributed by atoms with van der Waals surface area (Å²) in [5, 5.41) is 3.03. The van der Waals surface area contributed by atoms with Crippen LogP contribution in [0.1, 0.15) is 25.0 Å². The van der Waals surface area contributed by atoms with Crippen molar-refractivity contribution < 1.29 is 14.3 Å². The van der Waals surface area contributed by atoms with Gasteiger partial charge in [0.05, 0.1) is 0 Å². The fourth-order valence-corrected chi connectivity index (χ4v) is 4.37. The molecule has 0 unspecified atom stereocenters. The molecule has 0 aliphatic heterocycles. The minimum absolute atomic E-state index is 0.155. The predicted molar refractivity (Wildman–Crippen MR) is 151 cm³/mol. The highest BCUT2D eigenvalue weighted by Gasteiger charge is 2.30. The van der Waals surface area contributed by atoms with E-state index in [1.54, 1.807) is 4.90 Å². The van der Waals surface area contributed by atoms with E-state index in [2.05, 4.69) is 43.8 Å². The smallest absolute Gasteiger partial charge is 0.261 e. The molecule has 0 bridgehead atoms. The second-order valence-electron chi connectivity index (χ2n) is 8.74. The Morgan fingerprint density at radius 2 is 1.66 bits per heavy atom. The van der Waals surface area contributed by atoms with Gasteiger partial charge in [0.15, 0.2) is 6.61 Å². The van der Waals surface area contributed by atoms with Gasteiger partial charge in [0, 0.05) is 27.6 Å².